The zero-order valence-electron chi connectivity index (χ0n) is 13.2. The average molecular weight is 316 g/mol. The second-order valence-electron chi connectivity index (χ2n) is 6.40. The fourth-order valence-corrected chi connectivity index (χ4v) is 3.56. The molecule has 2 aliphatic rings. The van der Waals surface area contributed by atoms with Crippen molar-refractivity contribution < 1.29 is 14.2 Å². The van der Waals surface area contributed by atoms with E-state index in [0.717, 1.165) is 25.3 Å². The van der Waals surface area contributed by atoms with Crippen molar-refractivity contribution in [3.63, 3.8) is 0 Å². The van der Waals surface area contributed by atoms with E-state index >= 15 is 0 Å². The lowest BCUT2D eigenvalue weighted by atomic mass is 9.97. The van der Waals surface area contributed by atoms with Gasteiger partial charge >= 0.3 is 5.97 Å². The van der Waals surface area contributed by atoms with E-state index in [1.165, 1.54) is 33.0 Å². The summed E-state index contributed by atoms with van der Waals surface area (Å²) in [5.41, 5.74) is 2.68. The smallest absolute Gasteiger partial charge is 0.338 e. The summed E-state index contributed by atoms with van der Waals surface area (Å²) in [4.78, 5) is 16.6. The molecule has 0 atom stereocenters. The number of rotatable bonds is 4. The predicted molar refractivity (Wildman–Crippen MR) is 84.5 cm³/mol. The standard InChI is InChI=1S/C16H20N4O3/c1-22-16(21)12-6-13-15(18-23-17-13)14(7-12)20-9-11(10-20)8-19-4-2-3-5-19/h6-7,11H,2-5,8-10H2,1H3. The van der Waals surface area contributed by atoms with Crippen LogP contribution in [0, 0.1) is 5.92 Å². The highest BCUT2D eigenvalue weighted by molar-refractivity contribution is 5.98. The first-order valence-electron chi connectivity index (χ1n) is 8.06. The number of carbonyl (C=O) groups excluding carboxylic acids is 1. The van der Waals surface area contributed by atoms with E-state index in [-0.39, 0.29) is 5.97 Å². The van der Waals surface area contributed by atoms with Crippen LogP contribution in [0.2, 0.25) is 0 Å². The van der Waals surface area contributed by atoms with Crippen molar-refractivity contribution in [3.8, 4) is 0 Å². The van der Waals surface area contributed by atoms with Crippen molar-refractivity contribution in [2.24, 2.45) is 5.92 Å². The second-order valence-corrected chi connectivity index (χ2v) is 6.40. The third kappa shape index (κ3) is 2.65. The van der Waals surface area contributed by atoms with Crippen LogP contribution in [-0.2, 0) is 4.74 Å². The number of carbonyl (C=O) groups is 1. The molecule has 2 saturated heterocycles. The number of anilines is 1. The zero-order chi connectivity index (χ0) is 15.8. The molecule has 2 aliphatic heterocycles. The van der Waals surface area contributed by atoms with Gasteiger partial charge in [0, 0.05) is 25.6 Å². The van der Waals surface area contributed by atoms with E-state index in [1.54, 1.807) is 6.07 Å². The van der Waals surface area contributed by atoms with E-state index in [9.17, 15) is 4.79 Å². The molecule has 2 aromatic rings. The number of aromatic nitrogens is 2. The minimum atomic E-state index is -0.370. The monoisotopic (exact) mass is 316 g/mol. The number of hydrogen-bond acceptors (Lipinski definition) is 7. The number of benzene rings is 1. The number of esters is 1. The molecule has 0 aliphatic carbocycles. The van der Waals surface area contributed by atoms with Crippen LogP contribution >= 0.6 is 0 Å². The van der Waals surface area contributed by atoms with Gasteiger partial charge in [0.15, 0.2) is 5.52 Å². The maximum atomic E-state index is 11.8. The fourth-order valence-electron chi connectivity index (χ4n) is 3.56. The number of ether oxygens (including phenoxy) is 1. The molecule has 122 valence electrons. The molecular formula is C16H20N4O3. The average Bonchev–Trinajstić information content (AvgIpc) is 3.19. The maximum absolute atomic E-state index is 11.8. The SMILES string of the molecule is COC(=O)c1cc(N2CC(CN3CCCC3)C2)c2nonc2c1. The Hall–Kier alpha value is -2.15. The summed E-state index contributed by atoms with van der Waals surface area (Å²) in [6.45, 7) is 5.57. The predicted octanol–water partition coefficient (Wildman–Crippen LogP) is 1.54. The summed E-state index contributed by atoms with van der Waals surface area (Å²) in [7, 11) is 1.38. The van der Waals surface area contributed by atoms with E-state index in [4.69, 9.17) is 9.37 Å². The molecule has 7 heteroatoms. The number of fused-ring (bicyclic) bond motifs is 1. The second kappa shape index (κ2) is 5.81. The molecule has 0 saturated carbocycles. The minimum absolute atomic E-state index is 0.370. The number of nitrogens with zero attached hydrogens (tertiary/aromatic N) is 4. The molecule has 0 radical (unpaired) electrons. The van der Waals surface area contributed by atoms with E-state index in [1.807, 2.05) is 6.07 Å². The van der Waals surface area contributed by atoms with Gasteiger partial charge in [-0.3, -0.25) is 0 Å². The Bertz CT molecular complexity index is 717. The fraction of sp³-hybridized carbons (Fsp3) is 0.562. The van der Waals surface area contributed by atoms with Gasteiger partial charge in [0.05, 0.1) is 18.4 Å². The Morgan fingerprint density at radius 2 is 2.09 bits per heavy atom. The molecule has 0 bridgehead atoms. The summed E-state index contributed by atoms with van der Waals surface area (Å²) in [6.07, 6.45) is 2.64. The van der Waals surface area contributed by atoms with Crippen LogP contribution in [-0.4, -0.2) is 61.0 Å². The normalized spacial score (nSPS) is 19.3. The molecule has 3 heterocycles. The lowest BCUT2D eigenvalue weighted by Gasteiger charge is -2.42. The van der Waals surface area contributed by atoms with Gasteiger partial charge in [-0.15, -0.1) is 0 Å². The van der Waals surface area contributed by atoms with Gasteiger partial charge in [-0.25, -0.2) is 9.42 Å². The summed E-state index contributed by atoms with van der Waals surface area (Å²) in [5, 5.41) is 7.86. The zero-order valence-corrected chi connectivity index (χ0v) is 13.2. The lowest BCUT2D eigenvalue weighted by molar-refractivity contribution is 0.0601. The highest BCUT2D eigenvalue weighted by atomic mass is 16.6. The van der Waals surface area contributed by atoms with Gasteiger partial charge < -0.3 is 14.5 Å². The van der Waals surface area contributed by atoms with E-state index in [0.29, 0.717) is 22.5 Å². The highest BCUT2D eigenvalue weighted by Crippen LogP contribution is 2.32. The van der Waals surface area contributed by atoms with Crippen LogP contribution in [0.1, 0.15) is 23.2 Å². The molecule has 0 spiro atoms. The Morgan fingerprint density at radius 1 is 1.30 bits per heavy atom. The molecule has 0 N–H and O–H groups in total. The summed E-state index contributed by atoms with van der Waals surface area (Å²) in [5.74, 6) is 0.301. The molecule has 1 aromatic carbocycles. The van der Waals surface area contributed by atoms with Crippen LogP contribution in [0.15, 0.2) is 16.8 Å². The molecule has 1 aromatic heterocycles. The van der Waals surface area contributed by atoms with E-state index < -0.39 is 0 Å². The van der Waals surface area contributed by atoms with Gasteiger partial charge in [-0.05, 0) is 48.4 Å². The lowest BCUT2D eigenvalue weighted by Crippen LogP contribution is -2.51. The first kappa shape index (κ1) is 14.4. The van der Waals surface area contributed by atoms with Crippen LogP contribution in [0.25, 0.3) is 11.0 Å². The number of methoxy groups -OCH3 is 1. The summed E-state index contributed by atoms with van der Waals surface area (Å²) >= 11 is 0. The van der Waals surface area contributed by atoms with Gasteiger partial charge in [0.2, 0.25) is 0 Å². The molecule has 2 fully saturated rings. The van der Waals surface area contributed by atoms with Crippen molar-refractivity contribution in [3.05, 3.63) is 17.7 Å². The molecule has 0 unspecified atom stereocenters. The number of likely N-dealkylation sites (tertiary alicyclic amines) is 1. The Kier molecular flexibility index (Phi) is 3.65. The van der Waals surface area contributed by atoms with Crippen molar-refractivity contribution >= 4 is 22.7 Å². The third-order valence-electron chi connectivity index (χ3n) is 4.78. The van der Waals surface area contributed by atoms with Crippen LogP contribution in [0.5, 0.6) is 0 Å². The number of hydrogen-bond donors (Lipinski definition) is 0. The van der Waals surface area contributed by atoms with Crippen molar-refractivity contribution in [2.75, 3.05) is 44.7 Å². The van der Waals surface area contributed by atoms with Crippen LogP contribution in [0.3, 0.4) is 0 Å². The topological polar surface area (TPSA) is 71.7 Å². The largest absolute Gasteiger partial charge is 0.465 e. The molecule has 4 rings (SSSR count). The Labute approximate surface area is 134 Å². The van der Waals surface area contributed by atoms with Gasteiger partial charge in [-0.2, -0.15) is 0 Å². The molecule has 23 heavy (non-hydrogen) atoms. The molecular weight excluding hydrogens is 296 g/mol. The summed E-state index contributed by atoms with van der Waals surface area (Å²) < 4.78 is 9.66. The summed E-state index contributed by atoms with van der Waals surface area (Å²) in [6, 6.07) is 3.48. The first-order valence-corrected chi connectivity index (χ1v) is 8.06. The van der Waals surface area contributed by atoms with Crippen LogP contribution in [0.4, 0.5) is 5.69 Å². The van der Waals surface area contributed by atoms with Gasteiger partial charge in [0.1, 0.15) is 5.52 Å². The van der Waals surface area contributed by atoms with E-state index in [2.05, 4.69) is 20.1 Å². The quantitative estimate of drug-likeness (QED) is 0.792. The Morgan fingerprint density at radius 3 is 2.83 bits per heavy atom. The van der Waals surface area contributed by atoms with Crippen molar-refractivity contribution in [1.82, 2.24) is 15.2 Å². The maximum Gasteiger partial charge on any atom is 0.338 e. The minimum Gasteiger partial charge on any atom is -0.465 e. The third-order valence-corrected chi connectivity index (χ3v) is 4.78. The van der Waals surface area contributed by atoms with Crippen LogP contribution < -0.4 is 4.90 Å². The highest BCUT2D eigenvalue weighted by Gasteiger charge is 2.31. The van der Waals surface area contributed by atoms with Gasteiger partial charge in [-0.1, -0.05) is 0 Å². The molecule has 0 amide bonds. The van der Waals surface area contributed by atoms with Gasteiger partial charge in [0.25, 0.3) is 0 Å². The molecule has 7 nitrogen and oxygen atoms in total. The Balaban J connectivity index is 1.52. The van der Waals surface area contributed by atoms with Crippen molar-refractivity contribution in [2.45, 2.75) is 12.8 Å². The first-order chi connectivity index (χ1) is 11.2. The van der Waals surface area contributed by atoms with Crippen molar-refractivity contribution in [1.29, 1.82) is 0 Å².